The van der Waals surface area contributed by atoms with Crippen molar-refractivity contribution in [2.24, 2.45) is 0 Å². The van der Waals surface area contributed by atoms with Gasteiger partial charge >= 0.3 is 0 Å². The van der Waals surface area contributed by atoms with Crippen LogP contribution in [-0.2, 0) is 4.74 Å². The van der Waals surface area contributed by atoms with Crippen LogP contribution in [0.1, 0.15) is 6.92 Å². The van der Waals surface area contributed by atoms with Crippen molar-refractivity contribution in [3.05, 3.63) is 28.2 Å². The molecular formula is C12H14Cl2N4OS. The lowest BCUT2D eigenvalue weighted by molar-refractivity contribution is 0.164. The minimum absolute atomic E-state index is 0.488. The number of rotatable bonds is 6. The van der Waals surface area contributed by atoms with Gasteiger partial charge in [0, 0.05) is 22.9 Å². The van der Waals surface area contributed by atoms with Gasteiger partial charge < -0.3 is 10.6 Å². The molecule has 0 spiro atoms. The molecule has 2 N–H and O–H groups in total. The zero-order chi connectivity index (χ0) is 14.5. The number of nitrogen functional groups attached to an aromatic ring is 1. The monoisotopic (exact) mass is 332 g/mol. The van der Waals surface area contributed by atoms with Crippen molar-refractivity contribution >= 4 is 35.0 Å². The van der Waals surface area contributed by atoms with Crippen LogP contribution in [0.3, 0.4) is 0 Å². The molecule has 20 heavy (non-hydrogen) atoms. The van der Waals surface area contributed by atoms with Crippen molar-refractivity contribution in [3.8, 4) is 11.4 Å². The van der Waals surface area contributed by atoms with Gasteiger partial charge in [-0.2, -0.15) is 0 Å². The van der Waals surface area contributed by atoms with Gasteiger partial charge in [-0.1, -0.05) is 35.0 Å². The van der Waals surface area contributed by atoms with Crippen LogP contribution in [0.25, 0.3) is 11.4 Å². The summed E-state index contributed by atoms with van der Waals surface area (Å²) in [5.41, 5.74) is 0.697. The van der Waals surface area contributed by atoms with Crippen molar-refractivity contribution in [2.45, 2.75) is 12.1 Å². The minimum atomic E-state index is 0.488. The third-order valence-electron chi connectivity index (χ3n) is 2.50. The molecule has 0 radical (unpaired) electrons. The summed E-state index contributed by atoms with van der Waals surface area (Å²) in [7, 11) is 0. The fourth-order valence-electron chi connectivity index (χ4n) is 1.57. The molecule has 1 aromatic heterocycles. The first-order chi connectivity index (χ1) is 9.63. The molecule has 0 saturated carbocycles. The highest BCUT2D eigenvalue weighted by Crippen LogP contribution is 2.30. The van der Waals surface area contributed by atoms with E-state index in [1.165, 1.54) is 16.4 Å². The maximum absolute atomic E-state index is 6.14. The largest absolute Gasteiger partial charge is 0.381 e. The van der Waals surface area contributed by atoms with Gasteiger partial charge in [0.2, 0.25) is 5.16 Å². The predicted octanol–water partition coefficient (Wildman–Crippen LogP) is 3.09. The summed E-state index contributed by atoms with van der Waals surface area (Å²) in [5, 5.41) is 9.80. The van der Waals surface area contributed by atoms with Crippen LogP contribution < -0.4 is 5.84 Å². The van der Waals surface area contributed by atoms with Crippen molar-refractivity contribution in [3.63, 3.8) is 0 Å². The summed E-state index contributed by atoms with van der Waals surface area (Å²) in [6, 6.07) is 5.15. The van der Waals surface area contributed by atoms with E-state index in [4.69, 9.17) is 33.8 Å². The van der Waals surface area contributed by atoms with Crippen LogP contribution in [0, 0.1) is 0 Å². The normalized spacial score (nSPS) is 10.9. The van der Waals surface area contributed by atoms with Gasteiger partial charge in [-0.05, 0) is 25.1 Å². The lowest BCUT2D eigenvalue weighted by Gasteiger charge is -2.05. The molecule has 5 nitrogen and oxygen atoms in total. The van der Waals surface area contributed by atoms with E-state index in [1.54, 1.807) is 18.2 Å². The van der Waals surface area contributed by atoms with Crippen LogP contribution in [0.2, 0.25) is 10.0 Å². The highest BCUT2D eigenvalue weighted by atomic mass is 35.5. The highest BCUT2D eigenvalue weighted by Gasteiger charge is 2.14. The minimum Gasteiger partial charge on any atom is -0.381 e. The van der Waals surface area contributed by atoms with Gasteiger partial charge in [-0.25, -0.2) is 4.68 Å². The second-order valence-electron chi connectivity index (χ2n) is 3.85. The van der Waals surface area contributed by atoms with Gasteiger partial charge in [0.15, 0.2) is 5.82 Å². The average molecular weight is 333 g/mol. The number of nitrogens with two attached hydrogens (primary N) is 1. The Labute approximate surface area is 131 Å². The molecule has 0 aliphatic carbocycles. The number of hydrogen-bond acceptors (Lipinski definition) is 5. The lowest BCUT2D eigenvalue weighted by Crippen LogP contribution is -2.12. The Hall–Kier alpha value is -0.950. The maximum Gasteiger partial charge on any atom is 0.210 e. The van der Waals surface area contributed by atoms with E-state index < -0.39 is 0 Å². The zero-order valence-corrected chi connectivity index (χ0v) is 13.2. The van der Waals surface area contributed by atoms with Gasteiger partial charge in [-0.15, -0.1) is 10.2 Å². The second-order valence-corrected chi connectivity index (χ2v) is 5.75. The third-order valence-corrected chi connectivity index (χ3v) is 3.95. The van der Waals surface area contributed by atoms with Gasteiger partial charge in [0.25, 0.3) is 0 Å². The quantitative estimate of drug-likeness (QED) is 0.500. The van der Waals surface area contributed by atoms with Crippen LogP contribution in [0.4, 0.5) is 0 Å². The molecule has 1 aromatic carbocycles. The summed E-state index contributed by atoms with van der Waals surface area (Å²) in [6.07, 6.45) is 0. The second kappa shape index (κ2) is 7.17. The molecule has 0 atom stereocenters. The highest BCUT2D eigenvalue weighted by molar-refractivity contribution is 7.99. The maximum atomic E-state index is 6.14. The van der Waals surface area contributed by atoms with E-state index in [1.807, 2.05) is 6.92 Å². The molecule has 0 aliphatic heterocycles. The van der Waals surface area contributed by atoms with E-state index >= 15 is 0 Å². The number of benzene rings is 1. The van der Waals surface area contributed by atoms with E-state index in [0.717, 1.165) is 5.75 Å². The first-order valence-corrected chi connectivity index (χ1v) is 7.74. The van der Waals surface area contributed by atoms with Gasteiger partial charge in [-0.3, -0.25) is 0 Å². The first kappa shape index (κ1) is 15.4. The summed E-state index contributed by atoms with van der Waals surface area (Å²) >= 11 is 13.5. The van der Waals surface area contributed by atoms with E-state index in [-0.39, 0.29) is 0 Å². The summed E-state index contributed by atoms with van der Waals surface area (Å²) < 4.78 is 6.69. The van der Waals surface area contributed by atoms with Crippen LogP contribution in [-0.4, -0.2) is 33.8 Å². The molecule has 0 amide bonds. The Balaban J connectivity index is 2.15. The number of aromatic nitrogens is 3. The number of nitrogens with zero attached hydrogens (tertiary/aromatic N) is 3. The third kappa shape index (κ3) is 3.58. The Morgan fingerprint density at radius 3 is 2.85 bits per heavy atom. The van der Waals surface area contributed by atoms with Crippen molar-refractivity contribution in [1.29, 1.82) is 0 Å². The summed E-state index contributed by atoms with van der Waals surface area (Å²) in [6.45, 7) is 3.29. The van der Waals surface area contributed by atoms with Crippen molar-refractivity contribution < 1.29 is 4.74 Å². The molecule has 0 bridgehead atoms. The predicted molar refractivity (Wildman–Crippen MR) is 82.8 cm³/mol. The van der Waals surface area contributed by atoms with Gasteiger partial charge in [0.1, 0.15) is 0 Å². The first-order valence-electron chi connectivity index (χ1n) is 6.00. The fraction of sp³-hybridized carbons (Fsp3) is 0.333. The number of halogens is 2. The molecule has 1 heterocycles. The number of hydrogen-bond donors (Lipinski definition) is 1. The van der Waals surface area contributed by atoms with E-state index in [2.05, 4.69) is 10.2 Å². The molecule has 0 aliphatic rings. The summed E-state index contributed by atoms with van der Waals surface area (Å²) in [4.78, 5) is 0. The molecule has 2 aromatic rings. The smallest absolute Gasteiger partial charge is 0.210 e. The molecule has 0 unspecified atom stereocenters. The molecule has 2 rings (SSSR count). The molecule has 8 heteroatoms. The Kier molecular flexibility index (Phi) is 5.54. The molecule has 0 saturated heterocycles. The van der Waals surface area contributed by atoms with Gasteiger partial charge in [0.05, 0.1) is 11.6 Å². The molecule has 108 valence electrons. The summed E-state index contributed by atoms with van der Waals surface area (Å²) in [5.74, 6) is 7.26. The lowest BCUT2D eigenvalue weighted by atomic mass is 10.2. The molecule has 0 fully saturated rings. The Bertz CT molecular complexity index is 591. The van der Waals surface area contributed by atoms with Crippen LogP contribution in [0.5, 0.6) is 0 Å². The van der Waals surface area contributed by atoms with E-state index in [0.29, 0.717) is 39.8 Å². The Morgan fingerprint density at radius 1 is 1.35 bits per heavy atom. The average Bonchev–Trinajstić information content (AvgIpc) is 2.77. The van der Waals surface area contributed by atoms with Crippen molar-refractivity contribution in [1.82, 2.24) is 14.9 Å². The van der Waals surface area contributed by atoms with Crippen molar-refractivity contribution in [2.75, 3.05) is 24.8 Å². The van der Waals surface area contributed by atoms with E-state index in [9.17, 15) is 0 Å². The molecular weight excluding hydrogens is 319 g/mol. The van der Waals surface area contributed by atoms with Crippen LogP contribution >= 0.6 is 35.0 Å². The zero-order valence-electron chi connectivity index (χ0n) is 10.8. The fourth-order valence-corrected chi connectivity index (χ4v) is 2.77. The number of thioether (sulfide) groups is 1. The number of ether oxygens (including phenoxy) is 1. The SMILES string of the molecule is CCOCCSc1nnc(-c2ccc(Cl)cc2Cl)n1N. The van der Waals surface area contributed by atoms with Crippen LogP contribution in [0.15, 0.2) is 23.4 Å². The standard InChI is InChI=1S/C12H14Cl2N4OS/c1-2-19-5-6-20-12-17-16-11(18(12)15)9-4-3-8(13)7-10(9)14/h3-4,7H,2,5-6,15H2,1H3. The Morgan fingerprint density at radius 2 is 2.15 bits per heavy atom. The topological polar surface area (TPSA) is 66.0 Å².